The molecule has 2 amide bonds. The number of hydrogen-bond donors (Lipinski definition) is 3. The topological polar surface area (TPSA) is 90.1 Å². The molecule has 0 spiro atoms. The first kappa shape index (κ1) is 21.2. The number of hydrogen-bond acceptors (Lipinski definition) is 5. The molecule has 5 rings (SSSR count). The van der Waals surface area contributed by atoms with Crippen LogP contribution in [-0.4, -0.2) is 52.4 Å². The van der Waals surface area contributed by atoms with Crippen molar-refractivity contribution in [3.8, 4) is 0 Å². The molecule has 2 aromatic heterocycles. The van der Waals surface area contributed by atoms with E-state index >= 15 is 0 Å². The van der Waals surface area contributed by atoms with E-state index in [1.165, 1.54) is 16.2 Å². The minimum atomic E-state index is -0.127. The Balaban J connectivity index is 1.27. The van der Waals surface area contributed by atoms with Crippen LogP contribution in [0.15, 0.2) is 24.3 Å². The quantitative estimate of drug-likeness (QED) is 0.567. The number of likely N-dealkylation sites (N-methyl/N-ethyl adjacent to an activating group) is 1. The number of aryl methyl sites for hydroxylation is 1. The van der Waals surface area contributed by atoms with Crippen molar-refractivity contribution in [2.24, 2.45) is 0 Å². The monoisotopic (exact) mass is 451 g/mol. The van der Waals surface area contributed by atoms with E-state index < -0.39 is 0 Å². The van der Waals surface area contributed by atoms with E-state index in [4.69, 9.17) is 0 Å². The molecule has 7 nitrogen and oxygen atoms in total. The number of benzene rings is 1. The van der Waals surface area contributed by atoms with Gasteiger partial charge in [0, 0.05) is 47.4 Å². The molecular formula is C24H29N5O2S. The van der Waals surface area contributed by atoms with Crippen molar-refractivity contribution in [3.05, 3.63) is 51.1 Å². The number of rotatable bonds is 4. The maximum absolute atomic E-state index is 13.0. The molecule has 8 heteroatoms. The van der Waals surface area contributed by atoms with Gasteiger partial charge in [0.2, 0.25) is 0 Å². The summed E-state index contributed by atoms with van der Waals surface area (Å²) >= 11 is 1.49. The standard InChI is InChI=1S/C24H29N5O2S/c1-14-7-8-16-15(11-14)12-20(25-16)22(30)26-17-5-3-4-6-18(17)27-23(31)24-28-19-9-10-29(2)13-21(19)32-24/h7-8,11-12,17-18,25H,3-6,9-10,13H2,1-2H3,(H,26,30)(H,27,31)/t17-,18?/m0/s1. The highest BCUT2D eigenvalue weighted by molar-refractivity contribution is 7.13. The molecule has 0 radical (unpaired) electrons. The van der Waals surface area contributed by atoms with Crippen LogP contribution < -0.4 is 10.6 Å². The van der Waals surface area contributed by atoms with Crippen molar-refractivity contribution in [1.82, 2.24) is 25.5 Å². The Kier molecular flexibility index (Phi) is 5.73. The van der Waals surface area contributed by atoms with Crippen LogP contribution in [0.2, 0.25) is 0 Å². The number of aromatic nitrogens is 2. The summed E-state index contributed by atoms with van der Waals surface area (Å²) in [5.41, 5.74) is 3.72. The third kappa shape index (κ3) is 4.29. The molecule has 2 aliphatic rings. The van der Waals surface area contributed by atoms with Gasteiger partial charge in [-0.05, 0) is 45.0 Å². The van der Waals surface area contributed by atoms with E-state index in [2.05, 4.69) is 38.6 Å². The summed E-state index contributed by atoms with van der Waals surface area (Å²) in [6, 6.07) is 7.81. The molecule has 1 unspecified atom stereocenters. The molecule has 2 atom stereocenters. The number of thiazole rings is 1. The van der Waals surface area contributed by atoms with Gasteiger partial charge in [-0.1, -0.05) is 24.5 Å². The summed E-state index contributed by atoms with van der Waals surface area (Å²) in [6.07, 6.45) is 4.69. The van der Waals surface area contributed by atoms with Crippen LogP contribution in [-0.2, 0) is 13.0 Å². The lowest BCUT2D eigenvalue weighted by atomic mass is 9.90. The molecule has 3 aromatic rings. The highest BCUT2D eigenvalue weighted by Gasteiger charge is 2.30. The molecule has 0 bridgehead atoms. The molecule has 3 heterocycles. The Bertz CT molecular complexity index is 1170. The van der Waals surface area contributed by atoms with Crippen molar-refractivity contribution in [2.75, 3.05) is 13.6 Å². The predicted molar refractivity (Wildman–Crippen MR) is 126 cm³/mol. The van der Waals surface area contributed by atoms with Gasteiger partial charge in [0.1, 0.15) is 5.69 Å². The summed E-state index contributed by atoms with van der Waals surface area (Å²) in [6.45, 7) is 3.87. The number of fused-ring (bicyclic) bond motifs is 2. The Hall–Kier alpha value is -2.71. The normalized spacial score (nSPS) is 21.3. The molecule has 1 aromatic carbocycles. The van der Waals surface area contributed by atoms with Crippen LogP contribution in [0.1, 0.15) is 62.1 Å². The minimum Gasteiger partial charge on any atom is -0.351 e. The van der Waals surface area contributed by atoms with Crippen molar-refractivity contribution < 1.29 is 9.59 Å². The first-order chi connectivity index (χ1) is 15.5. The van der Waals surface area contributed by atoms with Gasteiger partial charge in [-0.2, -0.15) is 0 Å². The summed E-state index contributed by atoms with van der Waals surface area (Å²) in [4.78, 5) is 37.2. The van der Waals surface area contributed by atoms with E-state index in [9.17, 15) is 9.59 Å². The Morgan fingerprint density at radius 2 is 1.88 bits per heavy atom. The van der Waals surface area contributed by atoms with Crippen LogP contribution in [0.5, 0.6) is 0 Å². The van der Waals surface area contributed by atoms with E-state index in [0.717, 1.165) is 67.4 Å². The number of nitrogens with one attached hydrogen (secondary N) is 3. The molecule has 1 aliphatic heterocycles. The predicted octanol–water partition coefficient (Wildman–Crippen LogP) is 3.39. The van der Waals surface area contributed by atoms with Gasteiger partial charge in [-0.25, -0.2) is 4.98 Å². The Labute approximate surface area is 191 Å². The molecule has 168 valence electrons. The highest BCUT2D eigenvalue weighted by Crippen LogP contribution is 2.26. The zero-order chi connectivity index (χ0) is 22.2. The van der Waals surface area contributed by atoms with Gasteiger partial charge >= 0.3 is 0 Å². The van der Waals surface area contributed by atoms with Crippen molar-refractivity contribution in [1.29, 1.82) is 0 Å². The third-order valence-electron chi connectivity index (χ3n) is 6.54. The van der Waals surface area contributed by atoms with Gasteiger partial charge in [-0.15, -0.1) is 11.3 Å². The van der Waals surface area contributed by atoms with E-state index in [1.807, 2.05) is 25.1 Å². The summed E-state index contributed by atoms with van der Waals surface area (Å²) in [5, 5.41) is 7.89. The lowest BCUT2D eigenvalue weighted by Crippen LogP contribution is -2.53. The number of carbonyl (C=O) groups is 2. The minimum absolute atomic E-state index is 0.0876. The second-order valence-corrected chi connectivity index (χ2v) is 10.2. The molecule has 0 saturated heterocycles. The van der Waals surface area contributed by atoms with Crippen LogP contribution >= 0.6 is 11.3 Å². The second-order valence-electron chi connectivity index (χ2n) is 9.09. The lowest BCUT2D eigenvalue weighted by Gasteiger charge is -2.32. The van der Waals surface area contributed by atoms with Gasteiger partial charge in [0.25, 0.3) is 11.8 Å². The molecular weight excluding hydrogens is 422 g/mol. The third-order valence-corrected chi connectivity index (χ3v) is 7.62. The van der Waals surface area contributed by atoms with Crippen LogP contribution in [0, 0.1) is 6.92 Å². The SMILES string of the molecule is Cc1ccc2[nH]c(C(=O)N[C@H]3CCCCC3NC(=O)c3nc4c(s3)CN(C)CC4)cc2c1. The zero-order valence-corrected chi connectivity index (χ0v) is 19.3. The lowest BCUT2D eigenvalue weighted by molar-refractivity contribution is 0.0860. The molecule has 1 saturated carbocycles. The molecule has 32 heavy (non-hydrogen) atoms. The Morgan fingerprint density at radius 1 is 1.12 bits per heavy atom. The van der Waals surface area contributed by atoms with Gasteiger partial charge in [0.05, 0.1) is 5.69 Å². The van der Waals surface area contributed by atoms with Crippen LogP contribution in [0.25, 0.3) is 10.9 Å². The number of aromatic amines is 1. The van der Waals surface area contributed by atoms with Crippen LogP contribution in [0.4, 0.5) is 0 Å². The smallest absolute Gasteiger partial charge is 0.280 e. The Morgan fingerprint density at radius 3 is 2.66 bits per heavy atom. The zero-order valence-electron chi connectivity index (χ0n) is 18.5. The summed E-state index contributed by atoms with van der Waals surface area (Å²) in [7, 11) is 2.09. The van der Waals surface area contributed by atoms with Gasteiger partial charge in [0.15, 0.2) is 5.01 Å². The maximum Gasteiger partial charge on any atom is 0.280 e. The fraction of sp³-hybridized carbons (Fsp3) is 0.458. The van der Waals surface area contributed by atoms with Gasteiger partial charge in [-0.3, -0.25) is 9.59 Å². The maximum atomic E-state index is 13.0. The van der Waals surface area contributed by atoms with E-state index in [-0.39, 0.29) is 23.9 Å². The fourth-order valence-corrected chi connectivity index (χ4v) is 5.84. The number of carbonyl (C=O) groups excluding carboxylic acids is 2. The number of H-pyrrole nitrogens is 1. The molecule has 1 fully saturated rings. The number of amides is 2. The van der Waals surface area contributed by atoms with Crippen LogP contribution in [0.3, 0.4) is 0 Å². The molecule has 1 aliphatic carbocycles. The summed E-state index contributed by atoms with van der Waals surface area (Å²) in [5.74, 6) is -0.253. The van der Waals surface area contributed by atoms with Crippen molar-refractivity contribution in [3.63, 3.8) is 0 Å². The molecule has 3 N–H and O–H groups in total. The van der Waals surface area contributed by atoms with E-state index in [0.29, 0.717) is 10.7 Å². The number of nitrogens with zero attached hydrogens (tertiary/aromatic N) is 2. The highest BCUT2D eigenvalue weighted by atomic mass is 32.1. The van der Waals surface area contributed by atoms with Gasteiger partial charge < -0.3 is 20.5 Å². The largest absolute Gasteiger partial charge is 0.351 e. The van der Waals surface area contributed by atoms with E-state index in [1.54, 1.807) is 0 Å². The van der Waals surface area contributed by atoms with Crippen molar-refractivity contribution in [2.45, 2.75) is 57.7 Å². The second kappa shape index (κ2) is 8.67. The summed E-state index contributed by atoms with van der Waals surface area (Å²) < 4.78 is 0. The van der Waals surface area contributed by atoms with Crippen molar-refractivity contribution >= 4 is 34.1 Å². The fourth-order valence-electron chi connectivity index (χ4n) is 4.75. The first-order valence-corrected chi connectivity index (χ1v) is 12.2. The first-order valence-electron chi connectivity index (χ1n) is 11.3. The average Bonchev–Trinajstić information content (AvgIpc) is 3.38. The average molecular weight is 452 g/mol.